The van der Waals surface area contributed by atoms with E-state index in [9.17, 15) is 0 Å². The van der Waals surface area contributed by atoms with Crippen LogP contribution in [0.2, 0.25) is 0 Å². The number of hydrogen-bond donors (Lipinski definition) is 1. The molecular weight excluding hydrogens is 214 g/mol. The predicted octanol–water partition coefficient (Wildman–Crippen LogP) is 0.522. The second kappa shape index (κ2) is 7.31. The van der Waals surface area contributed by atoms with Gasteiger partial charge in [0.2, 0.25) is 0 Å². The first-order chi connectivity index (χ1) is 8.40. The lowest BCUT2D eigenvalue weighted by atomic mass is 10.1. The first-order valence-electron chi connectivity index (χ1n) is 7.14. The molecule has 0 aliphatic carbocycles. The van der Waals surface area contributed by atoms with E-state index in [1.807, 2.05) is 0 Å². The van der Waals surface area contributed by atoms with Gasteiger partial charge in [-0.25, -0.2) is 0 Å². The van der Waals surface area contributed by atoms with E-state index < -0.39 is 0 Å². The fourth-order valence-corrected chi connectivity index (χ4v) is 2.91. The zero-order valence-electron chi connectivity index (χ0n) is 10.9. The molecule has 4 nitrogen and oxygen atoms in total. The number of nitrogens with zero attached hydrogens (tertiary/aromatic N) is 2. The summed E-state index contributed by atoms with van der Waals surface area (Å²) in [6, 6.07) is 0.679. The zero-order chi connectivity index (χ0) is 11.9. The van der Waals surface area contributed by atoms with Crippen LogP contribution < -0.4 is 5.73 Å². The first-order valence-corrected chi connectivity index (χ1v) is 7.14. The summed E-state index contributed by atoms with van der Waals surface area (Å²) in [5, 5.41) is 0. The Kier molecular flexibility index (Phi) is 5.71. The van der Waals surface area contributed by atoms with Gasteiger partial charge in [-0.2, -0.15) is 0 Å². The number of ether oxygens (including phenoxy) is 1. The molecule has 2 N–H and O–H groups in total. The van der Waals surface area contributed by atoms with Gasteiger partial charge in [0, 0.05) is 25.7 Å². The van der Waals surface area contributed by atoms with Crippen molar-refractivity contribution in [2.24, 2.45) is 5.73 Å². The molecular formula is C13H27N3O. The van der Waals surface area contributed by atoms with E-state index in [0.29, 0.717) is 6.04 Å². The van der Waals surface area contributed by atoms with E-state index in [-0.39, 0.29) is 0 Å². The van der Waals surface area contributed by atoms with E-state index in [4.69, 9.17) is 10.5 Å². The van der Waals surface area contributed by atoms with Crippen molar-refractivity contribution in [1.82, 2.24) is 9.80 Å². The smallest absolute Gasteiger partial charge is 0.0621 e. The van der Waals surface area contributed by atoms with Crippen LogP contribution in [-0.4, -0.2) is 68.3 Å². The second-order valence-corrected chi connectivity index (χ2v) is 5.24. The van der Waals surface area contributed by atoms with Crippen LogP contribution in [0.3, 0.4) is 0 Å². The highest BCUT2D eigenvalue weighted by Gasteiger charge is 2.23. The quantitative estimate of drug-likeness (QED) is 0.779. The molecule has 2 fully saturated rings. The minimum Gasteiger partial charge on any atom is -0.380 e. The molecule has 2 heterocycles. The molecule has 2 aliphatic rings. The van der Waals surface area contributed by atoms with Gasteiger partial charge in [0.1, 0.15) is 0 Å². The van der Waals surface area contributed by atoms with Crippen molar-refractivity contribution in [3.8, 4) is 0 Å². The molecule has 100 valence electrons. The van der Waals surface area contributed by atoms with E-state index in [1.165, 1.54) is 52.0 Å². The molecule has 2 saturated heterocycles. The minimum absolute atomic E-state index is 0.679. The molecule has 17 heavy (non-hydrogen) atoms. The van der Waals surface area contributed by atoms with Crippen LogP contribution in [0.5, 0.6) is 0 Å². The van der Waals surface area contributed by atoms with Crippen LogP contribution in [0.15, 0.2) is 0 Å². The second-order valence-electron chi connectivity index (χ2n) is 5.24. The summed E-state index contributed by atoms with van der Waals surface area (Å²) in [5.41, 5.74) is 5.58. The maximum atomic E-state index is 5.60. The number of nitrogens with two attached hydrogens (primary N) is 1. The Morgan fingerprint density at radius 1 is 1.12 bits per heavy atom. The minimum atomic E-state index is 0.679. The van der Waals surface area contributed by atoms with E-state index in [2.05, 4.69) is 9.80 Å². The predicted molar refractivity (Wildman–Crippen MR) is 70.1 cm³/mol. The topological polar surface area (TPSA) is 41.7 Å². The van der Waals surface area contributed by atoms with E-state index in [1.54, 1.807) is 0 Å². The highest BCUT2D eigenvalue weighted by Crippen LogP contribution is 2.15. The van der Waals surface area contributed by atoms with Gasteiger partial charge in [-0.1, -0.05) is 0 Å². The van der Waals surface area contributed by atoms with Crippen molar-refractivity contribution in [3.05, 3.63) is 0 Å². The third-order valence-electron chi connectivity index (χ3n) is 3.95. The van der Waals surface area contributed by atoms with Crippen LogP contribution in [0.4, 0.5) is 0 Å². The summed E-state index contributed by atoms with van der Waals surface area (Å²) in [5.74, 6) is 0. The van der Waals surface area contributed by atoms with Crippen molar-refractivity contribution in [1.29, 1.82) is 0 Å². The molecule has 2 rings (SSSR count). The monoisotopic (exact) mass is 241 g/mol. The maximum Gasteiger partial charge on any atom is 0.0621 e. The fraction of sp³-hybridized carbons (Fsp3) is 1.00. The molecule has 4 heteroatoms. The molecule has 1 atom stereocenters. The van der Waals surface area contributed by atoms with Gasteiger partial charge in [-0.3, -0.25) is 4.90 Å². The van der Waals surface area contributed by atoms with Crippen molar-refractivity contribution in [2.45, 2.75) is 31.7 Å². The van der Waals surface area contributed by atoms with Gasteiger partial charge in [0.15, 0.2) is 0 Å². The Morgan fingerprint density at radius 3 is 2.82 bits per heavy atom. The third kappa shape index (κ3) is 4.21. The summed E-state index contributed by atoms with van der Waals surface area (Å²) in [6.45, 7) is 8.80. The summed E-state index contributed by atoms with van der Waals surface area (Å²) in [6.07, 6.45) is 4.98. The van der Waals surface area contributed by atoms with Gasteiger partial charge in [0.05, 0.1) is 6.61 Å². The Bertz CT molecular complexity index is 207. The standard InChI is InChI=1S/C13H27N3O/c14-5-2-6-15-7-3-8-16(10-9-15)13-4-1-11-17-12-13/h13H,1-12,14H2. The lowest BCUT2D eigenvalue weighted by Gasteiger charge is -2.33. The van der Waals surface area contributed by atoms with Crippen molar-refractivity contribution >= 4 is 0 Å². The molecule has 0 aromatic heterocycles. The van der Waals surface area contributed by atoms with Gasteiger partial charge < -0.3 is 15.4 Å². The van der Waals surface area contributed by atoms with Gasteiger partial charge in [-0.15, -0.1) is 0 Å². The lowest BCUT2D eigenvalue weighted by molar-refractivity contribution is 0.0193. The summed E-state index contributed by atoms with van der Waals surface area (Å²) >= 11 is 0. The van der Waals surface area contributed by atoms with Crippen molar-refractivity contribution < 1.29 is 4.74 Å². The van der Waals surface area contributed by atoms with Crippen LogP contribution in [0, 0.1) is 0 Å². The van der Waals surface area contributed by atoms with Crippen LogP contribution >= 0.6 is 0 Å². The molecule has 0 radical (unpaired) electrons. The average Bonchev–Trinajstić information content (AvgIpc) is 2.63. The molecule has 0 aromatic carbocycles. The molecule has 0 saturated carbocycles. The molecule has 0 aromatic rings. The van der Waals surface area contributed by atoms with Crippen LogP contribution in [0.25, 0.3) is 0 Å². The highest BCUT2D eigenvalue weighted by atomic mass is 16.5. The molecule has 1 unspecified atom stereocenters. The molecule has 2 aliphatic heterocycles. The first kappa shape index (κ1) is 13.3. The Morgan fingerprint density at radius 2 is 2.06 bits per heavy atom. The summed E-state index contributed by atoms with van der Waals surface area (Å²) < 4.78 is 5.60. The van der Waals surface area contributed by atoms with Crippen LogP contribution in [0.1, 0.15) is 25.7 Å². The normalized spacial score (nSPS) is 29.1. The van der Waals surface area contributed by atoms with E-state index >= 15 is 0 Å². The maximum absolute atomic E-state index is 5.60. The van der Waals surface area contributed by atoms with Gasteiger partial charge in [-0.05, 0) is 51.9 Å². The Hall–Kier alpha value is -0.160. The molecule has 0 bridgehead atoms. The third-order valence-corrected chi connectivity index (χ3v) is 3.95. The lowest BCUT2D eigenvalue weighted by Crippen LogP contribution is -2.43. The highest BCUT2D eigenvalue weighted by molar-refractivity contribution is 4.78. The average molecular weight is 241 g/mol. The van der Waals surface area contributed by atoms with Crippen molar-refractivity contribution in [2.75, 3.05) is 52.5 Å². The number of hydrogen-bond acceptors (Lipinski definition) is 4. The summed E-state index contributed by atoms with van der Waals surface area (Å²) in [7, 11) is 0. The summed E-state index contributed by atoms with van der Waals surface area (Å²) in [4.78, 5) is 5.21. The van der Waals surface area contributed by atoms with Gasteiger partial charge >= 0.3 is 0 Å². The Balaban J connectivity index is 1.74. The largest absolute Gasteiger partial charge is 0.380 e. The zero-order valence-corrected chi connectivity index (χ0v) is 10.9. The Labute approximate surface area is 105 Å². The fourth-order valence-electron chi connectivity index (χ4n) is 2.91. The molecule has 0 spiro atoms. The number of rotatable bonds is 4. The SMILES string of the molecule is NCCCN1CCCN(C2CCCOC2)CC1. The van der Waals surface area contributed by atoms with E-state index in [0.717, 1.165) is 26.2 Å². The van der Waals surface area contributed by atoms with Crippen LogP contribution in [-0.2, 0) is 4.74 Å². The van der Waals surface area contributed by atoms with Crippen molar-refractivity contribution in [3.63, 3.8) is 0 Å². The molecule has 0 amide bonds. The van der Waals surface area contributed by atoms with Gasteiger partial charge in [0.25, 0.3) is 0 Å².